The summed E-state index contributed by atoms with van der Waals surface area (Å²) in [6.07, 6.45) is -3.79. The molecule has 0 aliphatic heterocycles. The number of aliphatic hydroxyl groups excluding tert-OH is 1. The molecule has 0 heterocycles. The van der Waals surface area contributed by atoms with Gasteiger partial charge in [-0.1, -0.05) is 12.1 Å². The number of hydrogen-bond donors (Lipinski definition) is 1. The summed E-state index contributed by atoms with van der Waals surface area (Å²) in [5.41, 5.74) is 1.11. The van der Waals surface area contributed by atoms with Gasteiger partial charge in [-0.2, -0.15) is 18.4 Å². The predicted molar refractivity (Wildman–Crippen MR) is 76.0 cm³/mol. The Morgan fingerprint density at radius 3 is 2.41 bits per heavy atom. The predicted octanol–water partition coefficient (Wildman–Crippen LogP) is 3.26. The van der Waals surface area contributed by atoms with Gasteiger partial charge in [-0.15, -0.1) is 0 Å². The van der Waals surface area contributed by atoms with Gasteiger partial charge < -0.3 is 5.11 Å². The fourth-order valence-corrected chi connectivity index (χ4v) is 2.34. The van der Waals surface area contributed by atoms with Crippen LogP contribution in [0, 0.1) is 17.2 Å². The van der Waals surface area contributed by atoms with Crippen LogP contribution < -0.4 is 0 Å². The standard InChI is InChI=1S/C16H19F3N2O/c17-16(18,19)7-8-21(10-13-1-2-13)11-15(22)14-5-3-12(9-20)4-6-14/h3-6,13,15,22H,1-2,7-8,10-11H2. The third-order valence-electron chi connectivity index (χ3n) is 3.78. The highest BCUT2D eigenvalue weighted by Crippen LogP contribution is 2.31. The van der Waals surface area contributed by atoms with Crippen LogP contribution in [0.5, 0.6) is 0 Å². The van der Waals surface area contributed by atoms with Crippen LogP contribution in [0.3, 0.4) is 0 Å². The van der Waals surface area contributed by atoms with Gasteiger partial charge in [0.1, 0.15) is 0 Å². The Morgan fingerprint density at radius 2 is 1.91 bits per heavy atom. The molecule has 0 aromatic heterocycles. The molecular formula is C16H19F3N2O. The molecule has 1 aliphatic carbocycles. The highest BCUT2D eigenvalue weighted by molar-refractivity contribution is 5.32. The van der Waals surface area contributed by atoms with Gasteiger partial charge in [0.2, 0.25) is 0 Å². The van der Waals surface area contributed by atoms with Gasteiger partial charge in [0, 0.05) is 19.6 Å². The smallest absolute Gasteiger partial charge is 0.387 e. The van der Waals surface area contributed by atoms with Crippen LogP contribution in [0.2, 0.25) is 0 Å². The summed E-state index contributed by atoms with van der Waals surface area (Å²) < 4.78 is 37.2. The summed E-state index contributed by atoms with van der Waals surface area (Å²) in [5, 5.41) is 18.9. The molecule has 120 valence electrons. The largest absolute Gasteiger partial charge is 0.390 e. The summed E-state index contributed by atoms with van der Waals surface area (Å²) in [6, 6.07) is 8.46. The Bertz CT molecular complexity index is 518. The molecule has 1 aromatic carbocycles. The molecule has 1 N–H and O–H groups in total. The Balaban J connectivity index is 1.93. The van der Waals surface area contributed by atoms with Gasteiger partial charge in [-0.05, 0) is 36.5 Å². The van der Waals surface area contributed by atoms with E-state index in [1.165, 1.54) is 0 Å². The second-order valence-corrected chi connectivity index (χ2v) is 5.82. The van der Waals surface area contributed by atoms with E-state index in [0.29, 0.717) is 23.6 Å². The molecule has 1 aliphatic rings. The third kappa shape index (κ3) is 5.66. The van der Waals surface area contributed by atoms with Crippen molar-refractivity contribution in [1.82, 2.24) is 4.90 Å². The van der Waals surface area contributed by atoms with E-state index >= 15 is 0 Å². The number of alkyl halides is 3. The monoisotopic (exact) mass is 312 g/mol. The molecule has 1 aromatic rings. The van der Waals surface area contributed by atoms with Gasteiger partial charge in [0.15, 0.2) is 0 Å². The lowest BCUT2D eigenvalue weighted by Crippen LogP contribution is -2.33. The summed E-state index contributed by atoms with van der Waals surface area (Å²) in [7, 11) is 0. The molecule has 0 amide bonds. The van der Waals surface area contributed by atoms with Crippen molar-refractivity contribution in [2.24, 2.45) is 5.92 Å². The minimum absolute atomic E-state index is 0.0899. The first-order valence-electron chi connectivity index (χ1n) is 7.34. The van der Waals surface area contributed by atoms with Crippen LogP contribution in [0.25, 0.3) is 0 Å². The van der Waals surface area contributed by atoms with Gasteiger partial charge in [-0.25, -0.2) is 0 Å². The van der Waals surface area contributed by atoms with Gasteiger partial charge >= 0.3 is 6.18 Å². The van der Waals surface area contributed by atoms with Gasteiger partial charge in [-0.3, -0.25) is 4.90 Å². The minimum atomic E-state index is -4.18. The average molecular weight is 312 g/mol. The molecule has 1 saturated carbocycles. The maximum absolute atomic E-state index is 12.4. The number of aliphatic hydroxyl groups is 1. The molecule has 0 bridgehead atoms. The highest BCUT2D eigenvalue weighted by Gasteiger charge is 2.31. The molecule has 0 radical (unpaired) electrons. The van der Waals surface area contributed by atoms with Crippen molar-refractivity contribution in [3.8, 4) is 6.07 Å². The van der Waals surface area contributed by atoms with Crippen LogP contribution in [0.1, 0.15) is 36.5 Å². The fraction of sp³-hybridized carbons (Fsp3) is 0.562. The minimum Gasteiger partial charge on any atom is -0.387 e. The maximum atomic E-state index is 12.4. The highest BCUT2D eigenvalue weighted by atomic mass is 19.4. The van der Waals surface area contributed by atoms with E-state index in [1.807, 2.05) is 6.07 Å². The lowest BCUT2D eigenvalue weighted by molar-refractivity contribution is -0.138. The topological polar surface area (TPSA) is 47.3 Å². The molecule has 1 atom stereocenters. The molecular weight excluding hydrogens is 293 g/mol. The summed E-state index contributed by atoms with van der Waals surface area (Å²) >= 11 is 0. The van der Waals surface area contributed by atoms with E-state index in [0.717, 1.165) is 12.8 Å². The lowest BCUT2D eigenvalue weighted by atomic mass is 10.1. The van der Waals surface area contributed by atoms with E-state index in [4.69, 9.17) is 5.26 Å². The van der Waals surface area contributed by atoms with Crippen molar-refractivity contribution >= 4 is 0 Å². The normalized spacial score (nSPS) is 16.5. The van der Waals surface area contributed by atoms with E-state index < -0.39 is 18.7 Å². The second kappa shape index (κ2) is 7.12. The number of nitrogens with zero attached hydrogens (tertiary/aromatic N) is 2. The zero-order chi connectivity index (χ0) is 16.2. The fourth-order valence-electron chi connectivity index (χ4n) is 2.34. The molecule has 22 heavy (non-hydrogen) atoms. The van der Waals surface area contributed by atoms with Crippen LogP contribution in [-0.2, 0) is 0 Å². The molecule has 1 unspecified atom stereocenters. The van der Waals surface area contributed by atoms with Crippen molar-refractivity contribution < 1.29 is 18.3 Å². The Labute approximate surface area is 128 Å². The van der Waals surface area contributed by atoms with Gasteiger partial charge in [0.05, 0.1) is 24.2 Å². The number of halogens is 3. The van der Waals surface area contributed by atoms with Crippen LogP contribution in [0.4, 0.5) is 13.2 Å². The van der Waals surface area contributed by atoms with Crippen molar-refractivity contribution in [3.63, 3.8) is 0 Å². The zero-order valence-electron chi connectivity index (χ0n) is 12.2. The molecule has 6 heteroatoms. The molecule has 2 rings (SSSR count). The first-order valence-corrected chi connectivity index (χ1v) is 7.34. The van der Waals surface area contributed by atoms with Crippen LogP contribution in [0.15, 0.2) is 24.3 Å². The van der Waals surface area contributed by atoms with Crippen molar-refractivity contribution in [3.05, 3.63) is 35.4 Å². The number of rotatable bonds is 7. The molecule has 1 fully saturated rings. The lowest BCUT2D eigenvalue weighted by Gasteiger charge is -2.25. The van der Waals surface area contributed by atoms with Crippen LogP contribution in [-0.4, -0.2) is 35.8 Å². The van der Waals surface area contributed by atoms with Gasteiger partial charge in [0.25, 0.3) is 0 Å². The quantitative estimate of drug-likeness (QED) is 0.840. The molecule has 3 nitrogen and oxygen atoms in total. The second-order valence-electron chi connectivity index (χ2n) is 5.82. The summed E-state index contributed by atoms with van der Waals surface area (Å²) in [6.45, 7) is 0.690. The average Bonchev–Trinajstić information content (AvgIpc) is 3.28. The van der Waals surface area contributed by atoms with Crippen molar-refractivity contribution in [2.75, 3.05) is 19.6 Å². The third-order valence-corrected chi connectivity index (χ3v) is 3.78. The maximum Gasteiger partial charge on any atom is 0.390 e. The number of nitriles is 1. The Morgan fingerprint density at radius 1 is 1.27 bits per heavy atom. The first-order chi connectivity index (χ1) is 10.4. The van der Waals surface area contributed by atoms with Crippen molar-refractivity contribution in [2.45, 2.75) is 31.5 Å². The SMILES string of the molecule is N#Cc1ccc(C(O)CN(CCC(F)(F)F)CC2CC2)cc1. The zero-order valence-corrected chi connectivity index (χ0v) is 12.2. The Kier molecular flexibility index (Phi) is 5.43. The molecule has 0 spiro atoms. The van der Waals surface area contributed by atoms with Crippen molar-refractivity contribution in [1.29, 1.82) is 5.26 Å². The Hall–Kier alpha value is -1.58. The van der Waals surface area contributed by atoms with E-state index in [1.54, 1.807) is 29.2 Å². The van der Waals surface area contributed by atoms with E-state index in [2.05, 4.69) is 0 Å². The number of hydrogen-bond acceptors (Lipinski definition) is 3. The summed E-state index contributed by atoms with van der Waals surface area (Å²) in [5.74, 6) is 0.460. The molecule has 0 saturated heterocycles. The number of benzene rings is 1. The first kappa shape index (κ1) is 16.8. The van der Waals surface area contributed by atoms with E-state index in [-0.39, 0.29) is 13.1 Å². The van der Waals surface area contributed by atoms with E-state index in [9.17, 15) is 18.3 Å². The summed E-state index contributed by atoms with van der Waals surface area (Å²) in [4.78, 5) is 1.69. The van der Waals surface area contributed by atoms with Crippen LogP contribution >= 0.6 is 0 Å².